The van der Waals surface area contributed by atoms with Crippen LogP contribution < -0.4 is 31.3 Å². The van der Waals surface area contributed by atoms with Crippen molar-refractivity contribution in [2.24, 2.45) is 23.5 Å². The molecular weight excluding hydrogens is 1130 g/mol. The summed E-state index contributed by atoms with van der Waals surface area (Å²) in [5.41, 5.74) is 3.24. The van der Waals surface area contributed by atoms with E-state index in [4.69, 9.17) is 53.2 Å². The van der Waals surface area contributed by atoms with Crippen LogP contribution in [0.1, 0.15) is 116 Å². The summed E-state index contributed by atoms with van der Waals surface area (Å²) < 4.78 is 61.4. The van der Waals surface area contributed by atoms with Crippen LogP contribution in [0.4, 0.5) is 29.7 Å². The molecule has 10 atom stereocenters. The van der Waals surface area contributed by atoms with Crippen LogP contribution in [0.15, 0.2) is 60.2 Å². The Labute approximate surface area is 498 Å². The summed E-state index contributed by atoms with van der Waals surface area (Å²) in [6.07, 6.45) is 1.16. The number of benzene rings is 2. The van der Waals surface area contributed by atoms with E-state index in [-0.39, 0.29) is 79.3 Å². The normalized spacial score (nSPS) is 26.2. The predicted molar refractivity (Wildman–Crippen MR) is 312 cm³/mol. The van der Waals surface area contributed by atoms with Crippen LogP contribution in [-0.4, -0.2) is 138 Å². The van der Waals surface area contributed by atoms with Crippen molar-refractivity contribution >= 4 is 87.6 Å². The van der Waals surface area contributed by atoms with E-state index in [1.165, 1.54) is 31.1 Å². The largest absolute Gasteiger partial charge is 0.495 e. The number of amides is 7. The number of primary amides is 1. The standard InChI is InChI=1S/C60H77ClF2N6O14S/c1-32(2)39(27-38(84)16-11-10-12-20-69-51(72)22-34(4)56(69)75)55(74)66-42(17-14-19-65-57(64)76)45(70)26-37-25-41(63)43(28-40(37)62)67-58(77)82-49-29-50(71)68(7)44-23-36(24-46(79-8)53(44)61)21-33(3)15-13-18-48(80-9)60(78)30-47(81-52(73)31-60)35(5)54-59(49,6)83-54/h13,15,18,23-25,28,34-35,39,42,47-49,54,78H,1,10-12,14,16-17,19-22,26-27,29-31H2,2-9H3,(H,66,74)(H,67,77)(H3,64,65,76)/b18-13+,33-15+/t34?,35-,39+,42+,47+,48-,49+,54+,59+,60-/m1/s1. The van der Waals surface area contributed by atoms with Gasteiger partial charge in [-0.05, 0) is 99.9 Å². The first-order valence-electron chi connectivity index (χ1n) is 28.0. The number of anilines is 2. The number of hydrogen-bond acceptors (Lipinski definition) is 15. The first kappa shape index (κ1) is 66.5. The molecule has 1 unspecified atom stereocenters. The summed E-state index contributed by atoms with van der Waals surface area (Å²) in [5, 5.41) is 19.4. The van der Waals surface area contributed by atoms with Gasteiger partial charge in [-0.1, -0.05) is 80.0 Å². The summed E-state index contributed by atoms with van der Waals surface area (Å²) in [5.74, 6) is -6.84. The van der Waals surface area contributed by atoms with Gasteiger partial charge in [0.1, 0.15) is 51.9 Å². The second-order valence-electron chi connectivity index (χ2n) is 22.6. The summed E-state index contributed by atoms with van der Waals surface area (Å²) in [4.78, 5) is 108. The maximum Gasteiger partial charge on any atom is 0.412 e. The third-order valence-corrected chi connectivity index (χ3v) is 16.8. The van der Waals surface area contributed by atoms with Crippen LogP contribution in [0.25, 0.3) is 0 Å². The van der Waals surface area contributed by atoms with Gasteiger partial charge >= 0.3 is 18.1 Å². The molecule has 84 heavy (non-hydrogen) atoms. The maximum atomic E-state index is 16.1. The highest BCUT2D eigenvalue weighted by molar-refractivity contribution is 7.80. The Bertz CT molecular complexity index is 2960. The van der Waals surface area contributed by atoms with Crippen molar-refractivity contribution < 1.29 is 75.9 Å². The third-order valence-electron chi connectivity index (χ3n) is 16.0. The number of nitrogens with one attached hydrogen (secondary N) is 3. The van der Waals surface area contributed by atoms with Crippen LogP contribution in [0.5, 0.6) is 5.75 Å². The van der Waals surface area contributed by atoms with E-state index >= 15 is 8.78 Å². The van der Waals surface area contributed by atoms with Gasteiger partial charge in [0.2, 0.25) is 23.6 Å². The van der Waals surface area contributed by atoms with Crippen molar-refractivity contribution in [3.05, 3.63) is 88.0 Å². The number of Topliss-reactive ketones (excluding diaryl/α,β-unsaturated/α-hetero) is 1. The number of carbonyl (C=O) groups excluding carboxylic acids is 8. The predicted octanol–water partition coefficient (Wildman–Crippen LogP) is 7.85. The number of ketones is 1. The van der Waals surface area contributed by atoms with E-state index < -0.39 is 125 Å². The van der Waals surface area contributed by atoms with E-state index in [9.17, 15) is 43.5 Å². The number of nitrogens with zero attached hydrogens (tertiary/aromatic N) is 2. The molecule has 7 amide bonds. The van der Waals surface area contributed by atoms with E-state index in [1.54, 1.807) is 52.0 Å². The molecule has 4 heterocycles. The van der Waals surface area contributed by atoms with Crippen molar-refractivity contribution in [1.29, 1.82) is 0 Å². The van der Waals surface area contributed by atoms with Gasteiger partial charge in [-0.15, -0.1) is 0 Å². The molecule has 4 aliphatic rings. The number of imide groups is 1. The molecule has 0 spiro atoms. The third kappa shape index (κ3) is 16.8. The van der Waals surface area contributed by atoms with Gasteiger partial charge in [0.15, 0.2) is 5.78 Å². The van der Waals surface area contributed by atoms with Gasteiger partial charge in [0.05, 0.1) is 49.4 Å². The van der Waals surface area contributed by atoms with Crippen molar-refractivity contribution in [3.8, 4) is 5.75 Å². The van der Waals surface area contributed by atoms with Crippen LogP contribution in [-0.2, 0) is 60.6 Å². The molecule has 4 bridgehead atoms. The Morgan fingerprint density at radius 3 is 2.40 bits per heavy atom. The maximum absolute atomic E-state index is 16.1. The molecule has 6 N–H and O–H groups in total. The molecule has 24 heteroatoms. The number of methoxy groups -OCH3 is 2. The molecule has 0 aliphatic carbocycles. The van der Waals surface area contributed by atoms with Gasteiger partial charge in [-0.3, -0.25) is 39.0 Å². The highest BCUT2D eigenvalue weighted by Gasteiger charge is 2.64. The number of urea groups is 1. The van der Waals surface area contributed by atoms with Crippen LogP contribution in [0, 0.1) is 29.4 Å². The van der Waals surface area contributed by atoms with Gasteiger partial charge in [-0.2, -0.15) is 0 Å². The zero-order chi connectivity index (χ0) is 62.0. The number of allylic oxidation sites excluding steroid dienone is 3. The Balaban J connectivity index is 1.18. The number of epoxide rings is 1. The molecule has 6 rings (SSSR count). The number of fused-ring (bicyclic) bond motifs is 5. The summed E-state index contributed by atoms with van der Waals surface area (Å²) in [6, 6.07) is 2.72. The summed E-state index contributed by atoms with van der Waals surface area (Å²) >= 11 is 12.4. The smallest absolute Gasteiger partial charge is 0.412 e. The Kier molecular flexibility index (Phi) is 22.9. The molecular formula is C60H77ClF2N6O14S. The SMILES string of the molecule is C=C(C)[C@H](CC(=S)CCCCCN1C(=O)CC(C)C1=O)C(=O)N[C@@H](CCCNC(N)=O)C(=O)Cc1cc(F)c(NC(=O)O[C@H]2CC(=O)N(C)c3cc(cc(OC)c3Cl)C/C(C)=C/C=C/[C@@H](OC)[C@]3(O)CC(=O)O[C@@H](C3)[C@@H](C)[C@@H]3O[C@@]23C)cc1F. The minimum atomic E-state index is -1.71. The summed E-state index contributed by atoms with van der Waals surface area (Å²) in [6.45, 7) is 12.8. The zero-order valence-electron chi connectivity index (χ0n) is 48.7. The number of ether oxygens (including phenoxy) is 5. The number of aliphatic hydroxyl groups is 1. The summed E-state index contributed by atoms with van der Waals surface area (Å²) in [7, 11) is 4.31. The van der Waals surface area contributed by atoms with Crippen molar-refractivity contribution in [1.82, 2.24) is 15.5 Å². The second kappa shape index (κ2) is 29.0. The molecule has 20 nitrogen and oxygen atoms in total. The first-order chi connectivity index (χ1) is 39.6. The van der Waals surface area contributed by atoms with Crippen molar-refractivity contribution in [3.63, 3.8) is 0 Å². The fraction of sp³-hybridized carbons (Fsp3) is 0.550. The number of likely N-dealkylation sites (tertiary alicyclic amines) is 1. The number of esters is 1. The number of hydrogen-bond donors (Lipinski definition) is 5. The van der Waals surface area contributed by atoms with Crippen molar-refractivity contribution in [2.45, 2.75) is 160 Å². The van der Waals surface area contributed by atoms with Gasteiger partial charge in [-0.25, -0.2) is 18.4 Å². The second-order valence-corrected chi connectivity index (χ2v) is 23.6. The highest BCUT2D eigenvalue weighted by atomic mass is 35.5. The van der Waals surface area contributed by atoms with Crippen LogP contribution in [0.3, 0.4) is 0 Å². The molecule has 3 saturated heterocycles. The Hall–Kier alpha value is -6.66. The Morgan fingerprint density at radius 1 is 1.02 bits per heavy atom. The quantitative estimate of drug-likeness (QED) is 0.0187. The molecule has 3 fully saturated rings. The number of rotatable bonds is 22. The molecule has 2 aromatic carbocycles. The molecule has 0 aromatic heterocycles. The lowest BCUT2D eigenvalue weighted by Crippen LogP contribution is -2.53. The average molecular weight is 1210 g/mol. The minimum Gasteiger partial charge on any atom is -0.495 e. The van der Waals surface area contributed by atoms with Gasteiger partial charge < -0.3 is 50.1 Å². The lowest BCUT2D eigenvalue weighted by molar-refractivity contribution is -0.187. The number of unbranched alkanes of at least 4 members (excludes halogenated alkanes) is 2. The minimum absolute atomic E-state index is 0.0287. The van der Waals surface area contributed by atoms with Gasteiger partial charge in [0, 0.05) is 64.4 Å². The zero-order valence-corrected chi connectivity index (χ0v) is 50.3. The topological polar surface area (TPSA) is 275 Å². The highest BCUT2D eigenvalue weighted by Crippen LogP contribution is 2.50. The fourth-order valence-electron chi connectivity index (χ4n) is 11.0. The molecule has 458 valence electrons. The number of nitrogens with two attached hydrogens (primary N) is 1. The number of thiocarbonyl (C=S) groups is 1. The monoisotopic (exact) mass is 1210 g/mol. The molecule has 0 radical (unpaired) electrons. The first-order valence-corrected chi connectivity index (χ1v) is 28.8. The lowest BCUT2D eigenvalue weighted by atomic mass is 9.78. The van der Waals surface area contributed by atoms with E-state index in [0.717, 1.165) is 5.57 Å². The molecule has 4 aliphatic heterocycles. The molecule has 2 aromatic rings. The Morgan fingerprint density at radius 2 is 1.75 bits per heavy atom. The van der Waals surface area contributed by atoms with Crippen LogP contribution >= 0.6 is 23.8 Å². The number of carbonyl (C=O) groups is 8. The van der Waals surface area contributed by atoms with E-state index in [1.807, 2.05) is 13.0 Å². The average Bonchev–Trinajstić information content (AvgIpc) is 1.93. The molecule has 0 saturated carbocycles. The van der Waals surface area contributed by atoms with E-state index in [2.05, 4.69) is 22.5 Å². The number of halogens is 3. The lowest BCUT2D eigenvalue weighted by Gasteiger charge is -2.41. The fourth-order valence-corrected chi connectivity index (χ4v) is 11.7. The van der Waals surface area contributed by atoms with Crippen LogP contribution in [0.2, 0.25) is 5.02 Å². The van der Waals surface area contributed by atoms with E-state index in [0.29, 0.717) is 66.8 Å². The van der Waals surface area contributed by atoms with Gasteiger partial charge in [0.25, 0.3) is 0 Å². The van der Waals surface area contributed by atoms with Crippen molar-refractivity contribution in [2.75, 3.05) is 44.6 Å².